The van der Waals surface area contributed by atoms with Gasteiger partial charge in [-0.05, 0) is 25.7 Å². The molecule has 15 heavy (non-hydrogen) atoms. The predicted octanol–water partition coefficient (Wildman–Crippen LogP) is 1.87. The Morgan fingerprint density at radius 1 is 1.53 bits per heavy atom. The van der Waals surface area contributed by atoms with Gasteiger partial charge in [0.25, 0.3) is 0 Å². The van der Waals surface area contributed by atoms with Gasteiger partial charge in [-0.3, -0.25) is 4.68 Å². The van der Waals surface area contributed by atoms with Crippen molar-refractivity contribution in [1.29, 1.82) is 0 Å². The van der Waals surface area contributed by atoms with Crippen LogP contribution in [0.1, 0.15) is 25.2 Å². The summed E-state index contributed by atoms with van der Waals surface area (Å²) in [6.07, 6.45) is 0.457. The maximum absolute atomic E-state index is 9.80. The minimum Gasteiger partial charge on any atom is -0.392 e. The van der Waals surface area contributed by atoms with Crippen LogP contribution >= 0.6 is 11.8 Å². The van der Waals surface area contributed by atoms with Crippen molar-refractivity contribution in [2.75, 3.05) is 11.5 Å². The second kappa shape index (κ2) is 6.18. The molecular weight excluding hydrogens is 208 g/mol. The quantitative estimate of drug-likeness (QED) is 0.807. The number of hydrogen-bond acceptors (Lipinski definition) is 3. The van der Waals surface area contributed by atoms with Gasteiger partial charge in [0.2, 0.25) is 0 Å². The van der Waals surface area contributed by atoms with Crippen LogP contribution in [0.2, 0.25) is 0 Å². The molecule has 0 aliphatic carbocycles. The number of hydrogen-bond donors (Lipinski definition) is 1. The van der Waals surface area contributed by atoms with E-state index in [2.05, 4.69) is 25.0 Å². The lowest BCUT2D eigenvalue weighted by atomic mass is 10.2. The molecule has 1 aromatic rings. The fourth-order valence-electron chi connectivity index (χ4n) is 1.59. The topological polar surface area (TPSA) is 38.1 Å². The summed E-state index contributed by atoms with van der Waals surface area (Å²) in [5.41, 5.74) is 2.17. The Balaban J connectivity index is 2.54. The molecule has 1 N–H and O–H groups in total. The molecule has 0 bridgehead atoms. The van der Waals surface area contributed by atoms with Crippen LogP contribution in [0.5, 0.6) is 0 Å². The standard InChI is InChI=1S/C11H20N2OS/c1-4-13-10(6-9(3)12-13)7-11(14)8-15-5-2/h6,11,14H,4-5,7-8H2,1-3H3. The van der Waals surface area contributed by atoms with Crippen molar-refractivity contribution in [3.8, 4) is 0 Å². The highest BCUT2D eigenvalue weighted by molar-refractivity contribution is 7.99. The van der Waals surface area contributed by atoms with Crippen LogP contribution in [0.25, 0.3) is 0 Å². The first kappa shape index (κ1) is 12.6. The van der Waals surface area contributed by atoms with Crippen LogP contribution in [0.4, 0.5) is 0 Å². The van der Waals surface area contributed by atoms with Crippen molar-refractivity contribution in [2.24, 2.45) is 0 Å². The van der Waals surface area contributed by atoms with Gasteiger partial charge in [-0.2, -0.15) is 16.9 Å². The van der Waals surface area contributed by atoms with E-state index in [1.54, 1.807) is 11.8 Å². The fraction of sp³-hybridized carbons (Fsp3) is 0.727. The molecule has 0 aliphatic heterocycles. The van der Waals surface area contributed by atoms with Crippen molar-refractivity contribution in [3.63, 3.8) is 0 Å². The number of aryl methyl sites for hydroxylation is 2. The van der Waals surface area contributed by atoms with Crippen molar-refractivity contribution in [2.45, 2.75) is 39.8 Å². The number of thioether (sulfide) groups is 1. The van der Waals surface area contributed by atoms with Crippen LogP contribution in [0.15, 0.2) is 6.07 Å². The minimum atomic E-state index is -0.253. The van der Waals surface area contributed by atoms with Crippen molar-refractivity contribution in [1.82, 2.24) is 9.78 Å². The molecule has 86 valence electrons. The van der Waals surface area contributed by atoms with Gasteiger partial charge < -0.3 is 5.11 Å². The van der Waals surface area contributed by atoms with E-state index in [0.29, 0.717) is 6.42 Å². The van der Waals surface area contributed by atoms with Crippen LogP contribution in [0.3, 0.4) is 0 Å². The SMILES string of the molecule is CCSCC(O)Cc1cc(C)nn1CC. The Morgan fingerprint density at radius 2 is 2.27 bits per heavy atom. The number of aromatic nitrogens is 2. The van der Waals surface area contributed by atoms with E-state index in [0.717, 1.165) is 29.4 Å². The summed E-state index contributed by atoms with van der Waals surface area (Å²) in [6, 6.07) is 2.06. The highest BCUT2D eigenvalue weighted by Gasteiger charge is 2.10. The van der Waals surface area contributed by atoms with E-state index in [1.807, 2.05) is 11.6 Å². The smallest absolute Gasteiger partial charge is 0.0685 e. The Bertz CT molecular complexity index is 299. The molecule has 0 saturated heterocycles. The molecule has 0 radical (unpaired) electrons. The first-order chi connectivity index (χ1) is 7.17. The van der Waals surface area contributed by atoms with Crippen LogP contribution in [-0.2, 0) is 13.0 Å². The van der Waals surface area contributed by atoms with E-state index in [9.17, 15) is 5.11 Å². The monoisotopic (exact) mass is 228 g/mol. The van der Waals surface area contributed by atoms with Crippen molar-refractivity contribution in [3.05, 3.63) is 17.5 Å². The lowest BCUT2D eigenvalue weighted by molar-refractivity contribution is 0.197. The van der Waals surface area contributed by atoms with Crippen LogP contribution < -0.4 is 0 Å². The molecule has 0 spiro atoms. The predicted molar refractivity (Wildman–Crippen MR) is 65.3 cm³/mol. The van der Waals surface area contributed by atoms with Crippen molar-refractivity contribution >= 4 is 11.8 Å². The van der Waals surface area contributed by atoms with Crippen LogP contribution in [-0.4, -0.2) is 32.5 Å². The van der Waals surface area contributed by atoms with Gasteiger partial charge in [0.15, 0.2) is 0 Å². The van der Waals surface area contributed by atoms with E-state index in [4.69, 9.17) is 0 Å². The normalized spacial score (nSPS) is 13.1. The second-order valence-electron chi connectivity index (χ2n) is 3.61. The van der Waals surface area contributed by atoms with Gasteiger partial charge >= 0.3 is 0 Å². The molecule has 3 nitrogen and oxygen atoms in total. The molecular formula is C11H20N2OS. The molecule has 1 unspecified atom stereocenters. The average Bonchev–Trinajstić information content (AvgIpc) is 2.55. The Labute approximate surface area is 95.9 Å². The van der Waals surface area contributed by atoms with Gasteiger partial charge in [-0.15, -0.1) is 0 Å². The summed E-state index contributed by atoms with van der Waals surface area (Å²) in [5.74, 6) is 1.87. The molecule has 1 atom stereocenters. The molecule has 1 rings (SSSR count). The Hall–Kier alpha value is -0.480. The fourth-order valence-corrected chi connectivity index (χ4v) is 2.22. The van der Waals surface area contributed by atoms with E-state index in [-0.39, 0.29) is 6.10 Å². The molecule has 0 aromatic carbocycles. The summed E-state index contributed by atoms with van der Waals surface area (Å²) >= 11 is 1.78. The average molecular weight is 228 g/mol. The highest BCUT2D eigenvalue weighted by atomic mass is 32.2. The van der Waals surface area contributed by atoms with Gasteiger partial charge in [-0.1, -0.05) is 6.92 Å². The molecule has 0 fully saturated rings. The first-order valence-corrected chi connectivity index (χ1v) is 6.62. The maximum atomic E-state index is 9.80. The summed E-state index contributed by atoms with van der Waals surface area (Å²) in [6.45, 7) is 7.04. The third-order valence-electron chi connectivity index (χ3n) is 2.24. The van der Waals surface area contributed by atoms with Gasteiger partial charge in [-0.25, -0.2) is 0 Å². The molecule has 0 aliphatic rings. The van der Waals surface area contributed by atoms with Crippen LogP contribution in [0, 0.1) is 6.92 Å². The zero-order chi connectivity index (χ0) is 11.3. The Morgan fingerprint density at radius 3 is 2.87 bits per heavy atom. The highest BCUT2D eigenvalue weighted by Crippen LogP contribution is 2.10. The summed E-state index contributed by atoms with van der Waals surface area (Å²) in [4.78, 5) is 0. The Kier molecular flexibility index (Phi) is 5.19. The largest absolute Gasteiger partial charge is 0.392 e. The van der Waals surface area contributed by atoms with Gasteiger partial charge in [0.05, 0.1) is 11.8 Å². The molecule has 1 aromatic heterocycles. The van der Waals surface area contributed by atoms with Crippen molar-refractivity contribution < 1.29 is 5.11 Å². The zero-order valence-corrected chi connectivity index (χ0v) is 10.5. The summed E-state index contributed by atoms with van der Waals surface area (Å²) in [5, 5.41) is 14.2. The summed E-state index contributed by atoms with van der Waals surface area (Å²) < 4.78 is 1.97. The zero-order valence-electron chi connectivity index (χ0n) is 9.73. The first-order valence-electron chi connectivity index (χ1n) is 5.46. The summed E-state index contributed by atoms with van der Waals surface area (Å²) in [7, 11) is 0. The van der Waals surface area contributed by atoms with E-state index in [1.165, 1.54) is 0 Å². The third-order valence-corrected chi connectivity index (χ3v) is 3.27. The number of aliphatic hydroxyl groups excluding tert-OH is 1. The number of nitrogens with zero attached hydrogens (tertiary/aromatic N) is 2. The molecule has 0 saturated carbocycles. The molecule has 1 heterocycles. The lowest BCUT2D eigenvalue weighted by Crippen LogP contribution is -2.16. The second-order valence-corrected chi connectivity index (χ2v) is 4.93. The molecule has 4 heteroatoms. The van der Waals surface area contributed by atoms with Gasteiger partial charge in [0.1, 0.15) is 0 Å². The minimum absolute atomic E-state index is 0.253. The lowest BCUT2D eigenvalue weighted by Gasteiger charge is -2.10. The van der Waals surface area contributed by atoms with E-state index < -0.39 is 0 Å². The van der Waals surface area contributed by atoms with Gasteiger partial charge in [0, 0.05) is 24.4 Å². The van der Waals surface area contributed by atoms with E-state index >= 15 is 0 Å². The third kappa shape index (κ3) is 3.87. The number of rotatable bonds is 6. The maximum Gasteiger partial charge on any atom is 0.0685 e. The molecule has 0 amide bonds. The number of aliphatic hydroxyl groups is 1.